The van der Waals surface area contributed by atoms with E-state index in [1.165, 1.54) is 16.3 Å². The van der Waals surface area contributed by atoms with Crippen LogP contribution in [0.4, 0.5) is 0 Å². The highest BCUT2D eigenvalue weighted by Crippen LogP contribution is 2.15. The molecular formula is C15H19NO. The van der Waals surface area contributed by atoms with Gasteiger partial charge in [0, 0.05) is 6.04 Å². The van der Waals surface area contributed by atoms with Gasteiger partial charge in [-0.25, -0.2) is 0 Å². The van der Waals surface area contributed by atoms with Crippen molar-refractivity contribution >= 4 is 10.8 Å². The van der Waals surface area contributed by atoms with Gasteiger partial charge in [-0.1, -0.05) is 42.5 Å². The number of fused-ring (bicyclic) bond motifs is 1. The zero-order valence-corrected chi connectivity index (χ0v) is 10.2. The lowest BCUT2D eigenvalue weighted by molar-refractivity contribution is 0.252. The average Bonchev–Trinajstić information content (AvgIpc) is 2.38. The van der Waals surface area contributed by atoms with Crippen LogP contribution in [0.3, 0.4) is 0 Å². The first-order valence-electron chi connectivity index (χ1n) is 6.11. The van der Waals surface area contributed by atoms with Gasteiger partial charge in [0.25, 0.3) is 0 Å². The summed E-state index contributed by atoms with van der Waals surface area (Å²) in [5.41, 5.74) is 1.33. The molecule has 0 heterocycles. The molecule has 2 aromatic carbocycles. The minimum absolute atomic E-state index is 0.176. The van der Waals surface area contributed by atoms with Crippen molar-refractivity contribution in [1.82, 2.24) is 5.32 Å². The Kier molecular flexibility index (Phi) is 4.13. The summed E-state index contributed by atoms with van der Waals surface area (Å²) in [4.78, 5) is 0. The second-order valence-electron chi connectivity index (χ2n) is 4.47. The summed E-state index contributed by atoms with van der Waals surface area (Å²) >= 11 is 0. The molecule has 0 aromatic heterocycles. The Labute approximate surface area is 102 Å². The van der Waals surface area contributed by atoms with E-state index >= 15 is 0 Å². The van der Waals surface area contributed by atoms with Crippen molar-refractivity contribution in [3.05, 3.63) is 48.0 Å². The number of aliphatic hydroxyl groups excluding tert-OH is 1. The molecule has 0 unspecified atom stereocenters. The predicted molar refractivity (Wildman–Crippen MR) is 72.2 cm³/mol. The van der Waals surface area contributed by atoms with E-state index in [0.717, 1.165) is 13.0 Å². The van der Waals surface area contributed by atoms with Crippen LogP contribution in [0, 0.1) is 0 Å². The fraction of sp³-hybridized carbons (Fsp3) is 0.333. The van der Waals surface area contributed by atoms with Gasteiger partial charge in [0.05, 0.1) is 6.61 Å². The molecule has 0 aliphatic rings. The van der Waals surface area contributed by atoms with Gasteiger partial charge in [0.15, 0.2) is 0 Å². The molecule has 90 valence electrons. The van der Waals surface area contributed by atoms with Crippen molar-refractivity contribution in [3.8, 4) is 0 Å². The highest BCUT2D eigenvalue weighted by Gasteiger charge is 1.99. The first kappa shape index (κ1) is 12.1. The maximum Gasteiger partial charge on any atom is 0.0581 e. The van der Waals surface area contributed by atoms with Crippen molar-refractivity contribution in [2.24, 2.45) is 0 Å². The van der Waals surface area contributed by atoms with Crippen LogP contribution in [-0.2, 0) is 6.42 Å². The molecular weight excluding hydrogens is 210 g/mol. The average molecular weight is 229 g/mol. The fourth-order valence-corrected chi connectivity index (χ4v) is 1.92. The van der Waals surface area contributed by atoms with Gasteiger partial charge in [-0.05, 0) is 36.2 Å². The molecule has 2 heteroatoms. The van der Waals surface area contributed by atoms with Crippen LogP contribution in [0.5, 0.6) is 0 Å². The van der Waals surface area contributed by atoms with E-state index in [9.17, 15) is 0 Å². The summed E-state index contributed by atoms with van der Waals surface area (Å²) < 4.78 is 0. The Morgan fingerprint density at radius 1 is 1.12 bits per heavy atom. The van der Waals surface area contributed by atoms with Crippen LogP contribution in [0.25, 0.3) is 10.8 Å². The van der Waals surface area contributed by atoms with Gasteiger partial charge >= 0.3 is 0 Å². The second kappa shape index (κ2) is 5.80. The number of hydrogen-bond donors (Lipinski definition) is 2. The number of benzene rings is 2. The molecule has 0 fully saturated rings. The van der Waals surface area contributed by atoms with Crippen LogP contribution in [-0.4, -0.2) is 24.3 Å². The van der Waals surface area contributed by atoms with Crippen molar-refractivity contribution in [1.29, 1.82) is 0 Å². The Morgan fingerprint density at radius 2 is 1.88 bits per heavy atom. The Hall–Kier alpha value is -1.38. The third-order valence-corrected chi connectivity index (χ3v) is 2.99. The van der Waals surface area contributed by atoms with E-state index in [4.69, 9.17) is 5.11 Å². The zero-order chi connectivity index (χ0) is 12.1. The third-order valence-electron chi connectivity index (χ3n) is 2.99. The largest absolute Gasteiger partial charge is 0.395 e. The highest BCUT2D eigenvalue weighted by molar-refractivity contribution is 5.82. The maximum absolute atomic E-state index is 8.91. The third kappa shape index (κ3) is 3.29. The Bertz CT molecular complexity index is 481. The van der Waals surface area contributed by atoms with Crippen LogP contribution in [0.2, 0.25) is 0 Å². The number of nitrogens with one attached hydrogen (secondary N) is 1. The summed E-state index contributed by atoms with van der Waals surface area (Å²) in [6, 6.07) is 15.2. The second-order valence-corrected chi connectivity index (χ2v) is 4.47. The SMILES string of the molecule is C[C@H](CO)NCCc1ccc2ccccc2c1. The summed E-state index contributed by atoms with van der Waals surface area (Å²) in [5, 5.41) is 14.8. The van der Waals surface area contributed by atoms with E-state index in [1.807, 2.05) is 6.92 Å². The van der Waals surface area contributed by atoms with Gasteiger partial charge in [-0.2, -0.15) is 0 Å². The molecule has 0 aliphatic carbocycles. The molecule has 0 spiro atoms. The minimum atomic E-state index is 0.176. The number of aliphatic hydroxyl groups is 1. The molecule has 1 atom stereocenters. The van der Waals surface area contributed by atoms with E-state index in [-0.39, 0.29) is 12.6 Å². The van der Waals surface area contributed by atoms with Crippen molar-refractivity contribution in [2.75, 3.05) is 13.2 Å². The summed E-state index contributed by atoms with van der Waals surface area (Å²) in [5.74, 6) is 0. The molecule has 17 heavy (non-hydrogen) atoms. The van der Waals surface area contributed by atoms with E-state index < -0.39 is 0 Å². The van der Waals surface area contributed by atoms with Crippen molar-refractivity contribution in [2.45, 2.75) is 19.4 Å². The Morgan fingerprint density at radius 3 is 2.65 bits per heavy atom. The zero-order valence-electron chi connectivity index (χ0n) is 10.2. The Balaban J connectivity index is 1.99. The van der Waals surface area contributed by atoms with Crippen LogP contribution in [0.15, 0.2) is 42.5 Å². The fourth-order valence-electron chi connectivity index (χ4n) is 1.92. The molecule has 0 aliphatic heterocycles. The summed E-state index contributed by atoms with van der Waals surface area (Å²) in [7, 11) is 0. The van der Waals surface area contributed by atoms with E-state index in [0.29, 0.717) is 0 Å². The van der Waals surface area contributed by atoms with Crippen LogP contribution in [0.1, 0.15) is 12.5 Å². The monoisotopic (exact) mass is 229 g/mol. The lowest BCUT2D eigenvalue weighted by Crippen LogP contribution is -2.30. The molecule has 2 aromatic rings. The maximum atomic E-state index is 8.91. The molecule has 0 saturated heterocycles. The first-order chi connectivity index (χ1) is 8.29. The lowest BCUT2D eigenvalue weighted by Gasteiger charge is -2.10. The number of rotatable bonds is 5. The van der Waals surface area contributed by atoms with Gasteiger partial charge in [-0.15, -0.1) is 0 Å². The molecule has 0 bridgehead atoms. The molecule has 0 saturated carbocycles. The molecule has 2 rings (SSSR count). The van der Waals surface area contributed by atoms with Crippen molar-refractivity contribution < 1.29 is 5.11 Å². The topological polar surface area (TPSA) is 32.3 Å². The predicted octanol–water partition coefficient (Wildman–Crippen LogP) is 2.35. The lowest BCUT2D eigenvalue weighted by atomic mass is 10.1. The normalized spacial score (nSPS) is 12.8. The van der Waals surface area contributed by atoms with E-state index in [1.54, 1.807) is 0 Å². The van der Waals surface area contributed by atoms with Crippen molar-refractivity contribution in [3.63, 3.8) is 0 Å². The standard InChI is InChI=1S/C15H19NO/c1-12(11-17)16-9-8-13-6-7-14-4-2-3-5-15(14)10-13/h2-7,10,12,16-17H,8-9,11H2,1H3/t12-/m1/s1. The van der Waals surface area contributed by atoms with Crippen LogP contribution >= 0.6 is 0 Å². The molecule has 2 N–H and O–H groups in total. The van der Waals surface area contributed by atoms with Gasteiger partial charge in [-0.3, -0.25) is 0 Å². The summed E-state index contributed by atoms with van der Waals surface area (Å²) in [6.45, 7) is 3.08. The smallest absolute Gasteiger partial charge is 0.0581 e. The highest BCUT2D eigenvalue weighted by atomic mass is 16.3. The van der Waals surface area contributed by atoms with Gasteiger partial charge in [0.1, 0.15) is 0 Å². The number of hydrogen-bond acceptors (Lipinski definition) is 2. The molecule has 2 nitrogen and oxygen atoms in total. The van der Waals surface area contributed by atoms with E-state index in [2.05, 4.69) is 47.8 Å². The molecule has 0 amide bonds. The van der Waals surface area contributed by atoms with Gasteiger partial charge in [0.2, 0.25) is 0 Å². The minimum Gasteiger partial charge on any atom is -0.395 e. The summed E-state index contributed by atoms with van der Waals surface area (Å²) in [6.07, 6.45) is 0.995. The molecule has 0 radical (unpaired) electrons. The first-order valence-corrected chi connectivity index (χ1v) is 6.11. The van der Waals surface area contributed by atoms with Gasteiger partial charge < -0.3 is 10.4 Å². The quantitative estimate of drug-likeness (QED) is 0.825. The van der Waals surface area contributed by atoms with Crippen LogP contribution < -0.4 is 5.32 Å².